The van der Waals surface area contributed by atoms with Gasteiger partial charge in [0.15, 0.2) is 0 Å². The van der Waals surface area contributed by atoms with Crippen molar-refractivity contribution in [2.24, 2.45) is 5.73 Å². The molecule has 1 aliphatic heterocycles. The number of halogens is 2. The highest BCUT2D eigenvalue weighted by Gasteiger charge is 2.20. The lowest BCUT2D eigenvalue weighted by atomic mass is 9.96. The average molecular weight is 306 g/mol. The van der Waals surface area contributed by atoms with Crippen molar-refractivity contribution in [1.82, 2.24) is 0 Å². The van der Waals surface area contributed by atoms with E-state index < -0.39 is 6.04 Å². The SMILES string of the molecule is Cc1ccc(C(N)Cc2cc(Cl)cc3c2OCC3)c(F)c1. The molecule has 0 fully saturated rings. The van der Waals surface area contributed by atoms with Gasteiger partial charge in [-0.2, -0.15) is 0 Å². The molecule has 0 saturated carbocycles. The van der Waals surface area contributed by atoms with Crippen molar-refractivity contribution in [2.45, 2.75) is 25.8 Å². The van der Waals surface area contributed by atoms with Crippen LogP contribution in [-0.4, -0.2) is 6.61 Å². The van der Waals surface area contributed by atoms with Gasteiger partial charge in [0.1, 0.15) is 11.6 Å². The van der Waals surface area contributed by atoms with Crippen molar-refractivity contribution in [2.75, 3.05) is 6.61 Å². The van der Waals surface area contributed by atoms with E-state index in [1.54, 1.807) is 6.07 Å². The largest absolute Gasteiger partial charge is 0.493 e. The minimum Gasteiger partial charge on any atom is -0.493 e. The Labute approximate surface area is 128 Å². The van der Waals surface area contributed by atoms with E-state index in [0.717, 1.165) is 28.9 Å². The summed E-state index contributed by atoms with van der Waals surface area (Å²) < 4.78 is 19.7. The normalized spacial score (nSPS) is 14.7. The number of fused-ring (bicyclic) bond motifs is 1. The summed E-state index contributed by atoms with van der Waals surface area (Å²) in [6, 6.07) is 8.49. The predicted molar refractivity (Wildman–Crippen MR) is 82.4 cm³/mol. The van der Waals surface area contributed by atoms with E-state index in [-0.39, 0.29) is 5.82 Å². The van der Waals surface area contributed by atoms with Gasteiger partial charge in [0.2, 0.25) is 0 Å². The van der Waals surface area contributed by atoms with Crippen LogP contribution in [0.2, 0.25) is 5.02 Å². The summed E-state index contributed by atoms with van der Waals surface area (Å²) in [5, 5.41) is 0.672. The zero-order chi connectivity index (χ0) is 15.0. The molecule has 21 heavy (non-hydrogen) atoms. The summed E-state index contributed by atoms with van der Waals surface area (Å²) in [5.41, 5.74) is 9.64. The Kier molecular flexibility index (Phi) is 3.87. The molecule has 0 bridgehead atoms. The molecule has 0 aromatic heterocycles. The number of benzene rings is 2. The minimum absolute atomic E-state index is 0.262. The topological polar surface area (TPSA) is 35.2 Å². The highest BCUT2D eigenvalue weighted by Crippen LogP contribution is 2.35. The second-order valence-corrected chi connectivity index (χ2v) is 5.92. The van der Waals surface area contributed by atoms with Gasteiger partial charge < -0.3 is 10.5 Å². The number of rotatable bonds is 3. The predicted octanol–water partition coefficient (Wildman–Crippen LogP) is 3.96. The Bertz CT molecular complexity index is 687. The molecule has 2 nitrogen and oxygen atoms in total. The third-order valence-corrected chi connectivity index (χ3v) is 4.04. The third kappa shape index (κ3) is 2.89. The summed E-state index contributed by atoms with van der Waals surface area (Å²) >= 11 is 6.14. The van der Waals surface area contributed by atoms with Gasteiger partial charge in [0, 0.05) is 23.0 Å². The van der Waals surface area contributed by atoms with Crippen molar-refractivity contribution >= 4 is 11.6 Å². The van der Waals surface area contributed by atoms with Gasteiger partial charge in [-0.15, -0.1) is 0 Å². The van der Waals surface area contributed by atoms with Crippen LogP contribution in [0.15, 0.2) is 30.3 Å². The van der Waals surface area contributed by atoms with Crippen molar-refractivity contribution in [3.05, 3.63) is 63.4 Å². The van der Waals surface area contributed by atoms with Crippen LogP contribution >= 0.6 is 11.6 Å². The lowest BCUT2D eigenvalue weighted by Crippen LogP contribution is -2.15. The fourth-order valence-corrected chi connectivity index (χ4v) is 3.04. The highest BCUT2D eigenvalue weighted by molar-refractivity contribution is 6.30. The molecule has 2 aromatic carbocycles. The molecule has 110 valence electrons. The lowest BCUT2D eigenvalue weighted by molar-refractivity contribution is 0.352. The molecule has 0 radical (unpaired) electrons. The van der Waals surface area contributed by atoms with Gasteiger partial charge in [-0.05, 0) is 48.2 Å². The fraction of sp³-hybridized carbons (Fsp3) is 0.294. The molecule has 0 amide bonds. The molecule has 0 spiro atoms. The lowest BCUT2D eigenvalue weighted by Gasteiger charge is -2.16. The molecule has 2 N–H and O–H groups in total. The van der Waals surface area contributed by atoms with Gasteiger partial charge in [-0.1, -0.05) is 23.7 Å². The molecule has 2 aromatic rings. The molecule has 1 unspecified atom stereocenters. The van der Waals surface area contributed by atoms with E-state index in [0.29, 0.717) is 23.6 Å². The molecular weight excluding hydrogens is 289 g/mol. The minimum atomic E-state index is -0.419. The maximum atomic E-state index is 14.0. The first kappa shape index (κ1) is 14.4. The smallest absolute Gasteiger partial charge is 0.128 e. The van der Waals surface area contributed by atoms with Crippen molar-refractivity contribution < 1.29 is 9.13 Å². The first-order chi connectivity index (χ1) is 10.0. The highest BCUT2D eigenvalue weighted by atomic mass is 35.5. The van der Waals surface area contributed by atoms with Crippen LogP contribution in [0.1, 0.15) is 28.3 Å². The Morgan fingerprint density at radius 3 is 2.90 bits per heavy atom. The third-order valence-electron chi connectivity index (χ3n) is 3.82. The zero-order valence-electron chi connectivity index (χ0n) is 11.8. The number of nitrogens with two attached hydrogens (primary N) is 1. The number of hydrogen-bond acceptors (Lipinski definition) is 2. The van der Waals surface area contributed by atoms with Gasteiger partial charge in [-0.3, -0.25) is 0 Å². The van der Waals surface area contributed by atoms with Crippen molar-refractivity contribution in [3.63, 3.8) is 0 Å². The summed E-state index contributed by atoms with van der Waals surface area (Å²) in [7, 11) is 0. The first-order valence-corrected chi connectivity index (χ1v) is 7.38. The number of ether oxygens (including phenoxy) is 1. The molecular formula is C17H17ClFNO. The van der Waals surface area contributed by atoms with E-state index in [1.807, 2.05) is 25.1 Å². The quantitative estimate of drug-likeness (QED) is 0.931. The van der Waals surface area contributed by atoms with Gasteiger partial charge in [-0.25, -0.2) is 4.39 Å². The maximum Gasteiger partial charge on any atom is 0.128 e. The second-order valence-electron chi connectivity index (χ2n) is 5.49. The van der Waals surface area contributed by atoms with Crippen LogP contribution in [0.25, 0.3) is 0 Å². The Morgan fingerprint density at radius 2 is 2.14 bits per heavy atom. The molecule has 1 atom stereocenters. The van der Waals surface area contributed by atoms with E-state index in [2.05, 4.69) is 0 Å². The maximum absolute atomic E-state index is 14.0. The van der Waals surface area contributed by atoms with Crippen LogP contribution < -0.4 is 10.5 Å². The number of hydrogen-bond donors (Lipinski definition) is 1. The van der Waals surface area contributed by atoms with Crippen molar-refractivity contribution in [1.29, 1.82) is 0 Å². The first-order valence-electron chi connectivity index (χ1n) is 7.00. The number of aryl methyl sites for hydroxylation is 1. The van der Waals surface area contributed by atoms with E-state index in [4.69, 9.17) is 22.1 Å². The van der Waals surface area contributed by atoms with E-state index in [1.165, 1.54) is 6.07 Å². The second kappa shape index (κ2) is 5.66. The molecule has 4 heteroatoms. The van der Waals surface area contributed by atoms with Gasteiger partial charge >= 0.3 is 0 Å². The van der Waals surface area contributed by atoms with Crippen LogP contribution in [-0.2, 0) is 12.8 Å². The van der Waals surface area contributed by atoms with Gasteiger partial charge in [0.25, 0.3) is 0 Å². The summed E-state index contributed by atoms with van der Waals surface area (Å²) in [5.74, 6) is 0.601. The molecule has 3 rings (SSSR count). The standard InChI is InChI=1S/C17H17ClFNO/c1-10-2-3-14(15(19)6-10)16(20)9-12-8-13(18)7-11-4-5-21-17(11)12/h2-3,6-8,16H,4-5,9,20H2,1H3. The van der Waals surface area contributed by atoms with Crippen LogP contribution in [0, 0.1) is 12.7 Å². The average Bonchev–Trinajstić information content (AvgIpc) is 2.86. The summed E-state index contributed by atoms with van der Waals surface area (Å²) in [6.07, 6.45) is 1.36. The Hall–Kier alpha value is -1.58. The van der Waals surface area contributed by atoms with E-state index >= 15 is 0 Å². The zero-order valence-corrected chi connectivity index (χ0v) is 12.6. The van der Waals surface area contributed by atoms with E-state index in [9.17, 15) is 4.39 Å². The van der Waals surface area contributed by atoms with Crippen LogP contribution in [0.4, 0.5) is 4.39 Å². The van der Waals surface area contributed by atoms with Crippen LogP contribution in [0.3, 0.4) is 0 Å². The molecule has 1 aliphatic rings. The monoisotopic (exact) mass is 305 g/mol. The fourth-order valence-electron chi connectivity index (χ4n) is 2.78. The Morgan fingerprint density at radius 1 is 1.33 bits per heavy atom. The summed E-state index contributed by atoms with van der Waals surface area (Å²) in [6.45, 7) is 2.52. The van der Waals surface area contributed by atoms with Gasteiger partial charge in [0.05, 0.1) is 6.61 Å². The van der Waals surface area contributed by atoms with Crippen LogP contribution in [0.5, 0.6) is 5.75 Å². The molecule has 1 heterocycles. The molecule has 0 aliphatic carbocycles. The molecule has 0 saturated heterocycles. The van der Waals surface area contributed by atoms with Crippen molar-refractivity contribution in [3.8, 4) is 5.75 Å². The Balaban J connectivity index is 1.90. The summed E-state index contributed by atoms with van der Waals surface area (Å²) in [4.78, 5) is 0.